The van der Waals surface area contributed by atoms with E-state index in [2.05, 4.69) is 28.1 Å². The van der Waals surface area contributed by atoms with Gasteiger partial charge < -0.3 is 20.9 Å². The molecular formula is C24H30N6O3S. The van der Waals surface area contributed by atoms with Crippen molar-refractivity contribution in [2.75, 3.05) is 30.3 Å². The second kappa shape index (κ2) is 11.3. The van der Waals surface area contributed by atoms with Crippen molar-refractivity contribution >= 4 is 40.9 Å². The molecule has 1 heterocycles. The molecular weight excluding hydrogens is 452 g/mol. The molecule has 2 aliphatic rings. The summed E-state index contributed by atoms with van der Waals surface area (Å²) in [5, 5.41) is 26.9. The van der Waals surface area contributed by atoms with Gasteiger partial charge in [0.25, 0.3) is 0 Å². The molecule has 1 aromatic carbocycles. The summed E-state index contributed by atoms with van der Waals surface area (Å²) in [5.41, 5.74) is 0.542. The van der Waals surface area contributed by atoms with E-state index >= 15 is 0 Å². The number of carbonyl (C=O) groups excluding carboxylic acids is 3. The van der Waals surface area contributed by atoms with Gasteiger partial charge in [-0.3, -0.25) is 14.4 Å². The number of nitrogens with zero attached hydrogens (tertiary/aromatic N) is 3. The van der Waals surface area contributed by atoms with Crippen LogP contribution in [0.4, 0.5) is 11.4 Å². The van der Waals surface area contributed by atoms with E-state index in [1.165, 1.54) is 11.8 Å². The minimum Gasteiger partial charge on any atom is -0.385 e. The molecule has 0 bridgehead atoms. The van der Waals surface area contributed by atoms with Gasteiger partial charge in [-0.25, -0.2) is 0 Å². The van der Waals surface area contributed by atoms with E-state index in [1.807, 2.05) is 19.1 Å². The Bertz CT molecular complexity index is 1010. The monoisotopic (exact) mass is 482 g/mol. The molecule has 1 saturated carbocycles. The standard InChI is InChI=1S/C24H30N6O3S/c1-3-27-21(31)16(14-25)12-20-30(4-2)22(32)19(34-20)8-11-28-17-6-5-7-18(13-17)29-23(33)24(15-26)9-10-24/h5-7,13,16,19-20,28H,3-4,8-12H2,1-2H3,(H,27,31)(H,29,33). The predicted molar refractivity (Wildman–Crippen MR) is 130 cm³/mol. The Balaban J connectivity index is 1.53. The average Bonchev–Trinajstić information content (AvgIpc) is 3.58. The quantitative estimate of drug-likeness (QED) is 0.441. The van der Waals surface area contributed by atoms with Crippen LogP contribution >= 0.6 is 11.8 Å². The molecule has 1 saturated heterocycles. The summed E-state index contributed by atoms with van der Waals surface area (Å²) in [5.74, 6) is -1.33. The number of nitriles is 2. The summed E-state index contributed by atoms with van der Waals surface area (Å²) in [6, 6.07) is 11.4. The fraction of sp³-hybridized carbons (Fsp3) is 0.542. The van der Waals surface area contributed by atoms with Crippen molar-refractivity contribution < 1.29 is 14.4 Å². The van der Waals surface area contributed by atoms with Gasteiger partial charge in [0.05, 0.1) is 22.8 Å². The Morgan fingerprint density at radius 2 is 2.00 bits per heavy atom. The number of thioether (sulfide) groups is 1. The molecule has 180 valence electrons. The first kappa shape index (κ1) is 25.4. The molecule has 1 aliphatic carbocycles. The Kier molecular flexibility index (Phi) is 8.41. The lowest BCUT2D eigenvalue weighted by Gasteiger charge is -2.23. The highest BCUT2D eigenvalue weighted by Crippen LogP contribution is 2.45. The minimum absolute atomic E-state index is 0.0270. The molecule has 3 amide bonds. The van der Waals surface area contributed by atoms with Crippen molar-refractivity contribution in [3.05, 3.63) is 24.3 Å². The zero-order valence-electron chi connectivity index (χ0n) is 19.5. The number of anilines is 2. The van der Waals surface area contributed by atoms with Crippen LogP contribution in [0.2, 0.25) is 0 Å². The number of benzene rings is 1. The number of hydrogen-bond donors (Lipinski definition) is 3. The maximum atomic E-state index is 12.9. The van der Waals surface area contributed by atoms with Gasteiger partial charge in [0.2, 0.25) is 17.7 Å². The molecule has 3 rings (SSSR count). The number of rotatable bonds is 11. The predicted octanol–water partition coefficient (Wildman–Crippen LogP) is 2.69. The SMILES string of the molecule is CCNC(=O)C(C#N)CC1SC(CCNc2cccc(NC(=O)C3(C#N)CC3)c2)C(=O)N1CC. The minimum atomic E-state index is -0.882. The fourth-order valence-corrected chi connectivity index (χ4v) is 5.51. The Morgan fingerprint density at radius 3 is 2.62 bits per heavy atom. The lowest BCUT2D eigenvalue weighted by atomic mass is 10.1. The summed E-state index contributed by atoms with van der Waals surface area (Å²) in [6.45, 7) is 5.24. The molecule has 34 heavy (non-hydrogen) atoms. The van der Waals surface area contributed by atoms with Crippen LogP contribution < -0.4 is 16.0 Å². The summed E-state index contributed by atoms with van der Waals surface area (Å²) >= 11 is 1.51. The highest BCUT2D eigenvalue weighted by Gasteiger charge is 2.50. The first-order valence-corrected chi connectivity index (χ1v) is 12.5. The van der Waals surface area contributed by atoms with Gasteiger partial charge in [0.15, 0.2) is 0 Å². The number of hydrogen-bond acceptors (Lipinski definition) is 7. The van der Waals surface area contributed by atoms with Crippen LogP contribution in [0.5, 0.6) is 0 Å². The molecule has 1 aromatic rings. The maximum absolute atomic E-state index is 12.9. The van der Waals surface area contributed by atoms with Gasteiger partial charge in [-0.2, -0.15) is 10.5 Å². The summed E-state index contributed by atoms with van der Waals surface area (Å²) in [6.07, 6.45) is 2.08. The first-order chi connectivity index (χ1) is 16.4. The van der Waals surface area contributed by atoms with E-state index in [9.17, 15) is 24.9 Å². The number of carbonyl (C=O) groups is 3. The van der Waals surface area contributed by atoms with Crippen LogP contribution in [-0.2, 0) is 14.4 Å². The van der Waals surface area contributed by atoms with Crippen molar-refractivity contribution in [2.45, 2.75) is 50.2 Å². The molecule has 3 atom stereocenters. The van der Waals surface area contributed by atoms with E-state index in [1.54, 1.807) is 24.0 Å². The van der Waals surface area contributed by atoms with Gasteiger partial charge in [0, 0.05) is 37.4 Å². The van der Waals surface area contributed by atoms with Crippen molar-refractivity contribution in [3.63, 3.8) is 0 Å². The summed E-state index contributed by atoms with van der Waals surface area (Å²) < 4.78 is 0. The lowest BCUT2D eigenvalue weighted by Crippen LogP contribution is -2.38. The van der Waals surface area contributed by atoms with E-state index in [4.69, 9.17) is 0 Å². The van der Waals surface area contributed by atoms with Crippen LogP contribution in [0, 0.1) is 34.0 Å². The van der Waals surface area contributed by atoms with Crippen molar-refractivity contribution in [1.29, 1.82) is 10.5 Å². The van der Waals surface area contributed by atoms with Gasteiger partial charge in [-0.05, 0) is 51.3 Å². The normalized spacial score (nSPS) is 21.2. The highest BCUT2D eigenvalue weighted by atomic mass is 32.2. The second-order valence-corrected chi connectivity index (χ2v) is 9.85. The van der Waals surface area contributed by atoms with Gasteiger partial charge in [-0.15, -0.1) is 11.8 Å². The highest BCUT2D eigenvalue weighted by molar-refractivity contribution is 8.01. The molecule has 1 aliphatic heterocycles. The van der Waals surface area contributed by atoms with E-state index in [0.717, 1.165) is 5.69 Å². The van der Waals surface area contributed by atoms with E-state index < -0.39 is 11.3 Å². The van der Waals surface area contributed by atoms with Gasteiger partial charge >= 0.3 is 0 Å². The first-order valence-electron chi connectivity index (χ1n) is 11.6. The van der Waals surface area contributed by atoms with Crippen molar-refractivity contribution in [1.82, 2.24) is 10.2 Å². The van der Waals surface area contributed by atoms with Crippen molar-refractivity contribution in [2.24, 2.45) is 11.3 Å². The Hall–Kier alpha value is -3.24. The third-order valence-corrected chi connectivity index (χ3v) is 7.61. The second-order valence-electron chi connectivity index (χ2n) is 8.46. The van der Waals surface area contributed by atoms with Crippen LogP contribution in [0.15, 0.2) is 24.3 Å². The average molecular weight is 483 g/mol. The molecule has 3 N–H and O–H groups in total. The third-order valence-electron chi connectivity index (χ3n) is 6.08. The van der Waals surface area contributed by atoms with Crippen LogP contribution in [0.3, 0.4) is 0 Å². The molecule has 9 nitrogen and oxygen atoms in total. The van der Waals surface area contributed by atoms with Crippen LogP contribution in [-0.4, -0.2) is 52.9 Å². The fourth-order valence-electron chi connectivity index (χ4n) is 3.92. The number of nitrogens with one attached hydrogen (secondary N) is 3. The van der Waals surface area contributed by atoms with Crippen molar-refractivity contribution in [3.8, 4) is 12.1 Å². The zero-order chi connectivity index (χ0) is 24.7. The molecule has 10 heteroatoms. The molecule has 3 unspecified atom stereocenters. The smallest absolute Gasteiger partial charge is 0.244 e. The molecule has 0 radical (unpaired) electrons. The lowest BCUT2D eigenvalue weighted by molar-refractivity contribution is -0.131. The van der Waals surface area contributed by atoms with Crippen LogP contribution in [0.25, 0.3) is 0 Å². The van der Waals surface area contributed by atoms with E-state index in [-0.39, 0.29) is 28.3 Å². The topological polar surface area (TPSA) is 138 Å². The van der Waals surface area contributed by atoms with E-state index in [0.29, 0.717) is 51.0 Å². The number of amides is 3. The van der Waals surface area contributed by atoms with Crippen LogP contribution in [0.1, 0.15) is 39.5 Å². The Labute approximate surface area is 204 Å². The maximum Gasteiger partial charge on any atom is 0.244 e. The summed E-state index contributed by atoms with van der Waals surface area (Å²) in [4.78, 5) is 39.0. The third kappa shape index (κ3) is 5.81. The Morgan fingerprint density at radius 1 is 1.26 bits per heavy atom. The van der Waals surface area contributed by atoms with Gasteiger partial charge in [0.1, 0.15) is 11.3 Å². The summed E-state index contributed by atoms with van der Waals surface area (Å²) in [7, 11) is 0. The molecule has 2 fully saturated rings. The molecule has 0 aromatic heterocycles. The molecule has 0 spiro atoms. The largest absolute Gasteiger partial charge is 0.385 e. The van der Waals surface area contributed by atoms with Gasteiger partial charge in [-0.1, -0.05) is 6.07 Å². The zero-order valence-corrected chi connectivity index (χ0v) is 20.3.